The molecular weight excluding hydrogens is 352 g/mol. The molecule has 0 aliphatic carbocycles. The van der Waals surface area contributed by atoms with E-state index in [1.807, 2.05) is 60.7 Å². The molecule has 0 radical (unpaired) electrons. The fourth-order valence-corrected chi connectivity index (χ4v) is 2.84. The maximum Gasteiger partial charge on any atom is 0.248 e. The van der Waals surface area contributed by atoms with Crippen LogP contribution in [0.25, 0.3) is 28.6 Å². The zero-order valence-corrected chi connectivity index (χ0v) is 15.3. The third-order valence-electron chi connectivity index (χ3n) is 4.22. The summed E-state index contributed by atoms with van der Waals surface area (Å²) < 4.78 is 11.2. The highest BCUT2D eigenvalue weighted by atomic mass is 16.5. The summed E-state index contributed by atoms with van der Waals surface area (Å²) in [5, 5.41) is 2.86. The van der Waals surface area contributed by atoms with Gasteiger partial charge in [0.15, 0.2) is 5.58 Å². The smallest absolute Gasteiger partial charge is 0.248 e. The van der Waals surface area contributed by atoms with Crippen molar-refractivity contribution in [2.45, 2.75) is 0 Å². The van der Waals surface area contributed by atoms with E-state index in [4.69, 9.17) is 9.15 Å². The van der Waals surface area contributed by atoms with Crippen molar-refractivity contribution < 1.29 is 13.9 Å². The molecule has 1 aromatic heterocycles. The van der Waals surface area contributed by atoms with E-state index in [9.17, 15) is 4.79 Å². The van der Waals surface area contributed by atoms with E-state index >= 15 is 0 Å². The van der Waals surface area contributed by atoms with Crippen molar-refractivity contribution in [3.8, 4) is 17.2 Å². The maximum atomic E-state index is 12.4. The van der Waals surface area contributed by atoms with Gasteiger partial charge in [0.25, 0.3) is 0 Å². The molecule has 1 N–H and O–H groups in total. The van der Waals surface area contributed by atoms with Crippen molar-refractivity contribution >= 4 is 28.8 Å². The zero-order valence-electron chi connectivity index (χ0n) is 15.3. The first-order chi connectivity index (χ1) is 13.7. The van der Waals surface area contributed by atoms with Gasteiger partial charge in [0.05, 0.1) is 12.8 Å². The number of anilines is 1. The summed E-state index contributed by atoms with van der Waals surface area (Å²) in [7, 11) is 1.56. The van der Waals surface area contributed by atoms with Crippen LogP contribution in [0.2, 0.25) is 0 Å². The van der Waals surface area contributed by atoms with Crippen LogP contribution < -0.4 is 10.1 Å². The number of amides is 1. The van der Waals surface area contributed by atoms with Crippen molar-refractivity contribution in [2.75, 3.05) is 12.4 Å². The number of ether oxygens (including phenoxy) is 1. The number of nitrogens with one attached hydrogen (secondary N) is 1. The molecular formula is C23H18N2O3. The number of aromatic nitrogens is 1. The van der Waals surface area contributed by atoms with Crippen LogP contribution in [0.3, 0.4) is 0 Å². The highest BCUT2D eigenvalue weighted by Crippen LogP contribution is 2.31. The lowest BCUT2D eigenvalue weighted by Gasteiger charge is -2.10. The van der Waals surface area contributed by atoms with Crippen molar-refractivity contribution in [1.29, 1.82) is 0 Å². The Kier molecular flexibility index (Phi) is 4.89. The minimum absolute atomic E-state index is 0.253. The number of fused-ring (bicyclic) bond motifs is 1. The summed E-state index contributed by atoms with van der Waals surface area (Å²) >= 11 is 0. The van der Waals surface area contributed by atoms with Crippen LogP contribution >= 0.6 is 0 Å². The van der Waals surface area contributed by atoms with Gasteiger partial charge in [-0.25, -0.2) is 4.98 Å². The molecule has 28 heavy (non-hydrogen) atoms. The fraction of sp³-hybridized carbons (Fsp3) is 0.0435. The number of para-hydroxylation sites is 2. The molecule has 0 unspecified atom stereocenters. The molecule has 5 nitrogen and oxygen atoms in total. The van der Waals surface area contributed by atoms with Gasteiger partial charge >= 0.3 is 0 Å². The second-order valence-corrected chi connectivity index (χ2v) is 6.14. The summed E-state index contributed by atoms with van der Waals surface area (Å²) in [5.74, 6) is 0.789. The standard InChI is InChI=1S/C23H18N2O3/c1-27-20-13-12-17(23-25-18-9-5-6-10-21(18)28-23)15-19(20)24-22(26)14-11-16-7-3-2-4-8-16/h2-15H,1H3,(H,24,26). The highest BCUT2D eigenvalue weighted by Gasteiger charge is 2.12. The Hall–Kier alpha value is -3.86. The second kappa shape index (κ2) is 7.80. The summed E-state index contributed by atoms with van der Waals surface area (Å²) in [4.78, 5) is 16.9. The summed E-state index contributed by atoms with van der Waals surface area (Å²) in [6.45, 7) is 0. The third-order valence-corrected chi connectivity index (χ3v) is 4.22. The van der Waals surface area contributed by atoms with Gasteiger partial charge in [-0.1, -0.05) is 42.5 Å². The summed E-state index contributed by atoms with van der Waals surface area (Å²) in [5.41, 5.74) is 3.74. The first-order valence-electron chi connectivity index (χ1n) is 8.81. The van der Waals surface area contributed by atoms with Crippen molar-refractivity contribution in [2.24, 2.45) is 0 Å². The number of carbonyl (C=O) groups excluding carboxylic acids is 1. The maximum absolute atomic E-state index is 12.4. The lowest BCUT2D eigenvalue weighted by molar-refractivity contribution is -0.111. The van der Waals surface area contributed by atoms with E-state index in [2.05, 4.69) is 10.3 Å². The van der Waals surface area contributed by atoms with Crippen molar-refractivity contribution in [3.63, 3.8) is 0 Å². The average molecular weight is 370 g/mol. The number of nitrogens with zero attached hydrogens (tertiary/aromatic N) is 1. The molecule has 1 heterocycles. The van der Waals surface area contributed by atoms with Crippen LogP contribution in [-0.4, -0.2) is 18.0 Å². The van der Waals surface area contributed by atoms with Gasteiger partial charge in [0.1, 0.15) is 11.3 Å². The minimum Gasteiger partial charge on any atom is -0.495 e. The summed E-state index contributed by atoms with van der Waals surface area (Å²) in [6.07, 6.45) is 3.24. The zero-order chi connectivity index (χ0) is 19.3. The fourth-order valence-electron chi connectivity index (χ4n) is 2.84. The predicted molar refractivity (Wildman–Crippen MR) is 110 cm³/mol. The number of hydrogen-bond donors (Lipinski definition) is 1. The normalized spacial score (nSPS) is 11.0. The SMILES string of the molecule is COc1ccc(-c2nc3ccccc3o2)cc1NC(=O)C=Cc1ccccc1. The van der Waals surface area contributed by atoms with E-state index in [0.717, 1.165) is 16.6 Å². The van der Waals surface area contributed by atoms with E-state index in [1.165, 1.54) is 6.08 Å². The molecule has 0 fully saturated rings. The second-order valence-electron chi connectivity index (χ2n) is 6.14. The molecule has 5 heteroatoms. The molecule has 138 valence electrons. The monoisotopic (exact) mass is 370 g/mol. The lowest BCUT2D eigenvalue weighted by atomic mass is 10.1. The van der Waals surface area contributed by atoms with Crippen LogP contribution in [0.1, 0.15) is 5.56 Å². The van der Waals surface area contributed by atoms with Crippen LogP contribution in [0.4, 0.5) is 5.69 Å². The Bertz CT molecular complexity index is 1110. The number of methoxy groups -OCH3 is 1. The molecule has 0 spiro atoms. The van der Waals surface area contributed by atoms with Gasteiger partial charge in [-0.15, -0.1) is 0 Å². The van der Waals surface area contributed by atoms with Crippen LogP contribution in [0.15, 0.2) is 83.3 Å². The third kappa shape index (κ3) is 3.78. The van der Waals surface area contributed by atoms with Crippen molar-refractivity contribution in [1.82, 2.24) is 4.98 Å². The van der Waals surface area contributed by atoms with Gasteiger partial charge in [-0.3, -0.25) is 4.79 Å². The predicted octanol–water partition coefficient (Wildman–Crippen LogP) is 5.16. The Balaban J connectivity index is 1.60. The van der Waals surface area contributed by atoms with Gasteiger partial charge < -0.3 is 14.5 Å². The van der Waals surface area contributed by atoms with Gasteiger partial charge in [0, 0.05) is 11.6 Å². The van der Waals surface area contributed by atoms with Crippen molar-refractivity contribution in [3.05, 3.63) is 84.4 Å². The van der Waals surface area contributed by atoms with E-state index in [1.54, 1.807) is 25.3 Å². The number of oxazole rings is 1. The molecule has 3 aromatic carbocycles. The number of hydrogen-bond acceptors (Lipinski definition) is 4. The Morgan fingerprint density at radius 2 is 1.82 bits per heavy atom. The van der Waals surface area contributed by atoms with Gasteiger partial charge in [-0.05, 0) is 42.0 Å². The van der Waals surface area contributed by atoms with E-state index in [0.29, 0.717) is 22.9 Å². The minimum atomic E-state index is -0.253. The quantitative estimate of drug-likeness (QED) is 0.493. The van der Waals surface area contributed by atoms with E-state index < -0.39 is 0 Å². The Morgan fingerprint density at radius 3 is 2.61 bits per heavy atom. The molecule has 0 atom stereocenters. The van der Waals surface area contributed by atoms with E-state index in [-0.39, 0.29) is 5.91 Å². The van der Waals surface area contributed by atoms with Crippen LogP contribution in [-0.2, 0) is 4.79 Å². The number of rotatable bonds is 5. The molecule has 4 rings (SSSR count). The largest absolute Gasteiger partial charge is 0.495 e. The van der Waals surface area contributed by atoms with Crippen LogP contribution in [0, 0.1) is 0 Å². The summed E-state index contributed by atoms with van der Waals surface area (Å²) in [6, 6.07) is 22.6. The van der Waals surface area contributed by atoms with Crippen LogP contribution in [0.5, 0.6) is 5.75 Å². The topological polar surface area (TPSA) is 64.4 Å². The highest BCUT2D eigenvalue weighted by molar-refractivity contribution is 6.03. The Labute approximate surface area is 162 Å². The van der Waals surface area contributed by atoms with Gasteiger partial charge in [-0.2, -0.15) is 0 Å². The molecule has 0 aliphatic rings. The molecule has 4 aromatic rings. The molecule has 0 saturated heterocycles. The molecule has 0 bridgehead atoms. The first-order valence-corrected chi connectivity index (χ1v) is 8.81. The average Bonchev–Trinajstić information content (AvgIpc) is 3.17. The Morgan fingerprint density at radius 1 is 1.04 bits per heavy atom. The lowest BCUT2D eigenvalue weighted by Crippen LogP contribution is -2.09. The number of benzene rings is 3. The molecule has 0 aliphatic heterocycles. The molecule has 1 amide bonds. The first kappa shape index (κ1) is 17.5. The number of carbonyl (C=O) groups is 1. The van der Waals surface area contributed by atoms with Gasteiger partial charge in [0.2, 0.25) is 11.8 Å². The molecule has 0 saturated carbocycles.